The summed E-state index contributed by atoms with van der Waals surface area (Å²) in [6, 6.07) is 0. The molecular formula is C13H26N2O3. The quantitative estimate of drug-likeness (QED) is 0.550. The summed E-state index contributed by atoms with van der Waals surface area (Å²) in [5.74, 6) is -0.425. The highest BCUT2D eigenvalue weighted by molar-refractivity contribution is 5.81. The third kappa shape index (κ3) is 11.4. The Morgan fingerprint density at radius 2 is 1.78 bits per heavy atom. The molecule has 0 aromatic carbocycles. The van der Waals surface area contributed by atoms with Crippen molar-refractivity contribution < 1.29 is 14.3 Å². The van der Waals surface area contributed by atoms with E-state index in [1.165, 1.54) is 0 Å². The Kier molecular flexibility index (Phi) is 7.59. The second kappa shape index (κ2) is 8.08. The van der Waals surface area contributed by atoms with Crippen LogP contribution in [0.25, 0.3) is 0 Å². The van der Waals surface area contributed by atoms with Gasteiger partial charge in [-0.25, -0.2) is 0 Å². The van der Waals surface area contributed by atoms with Gasteiger partial charge in [0.25, 0.3) is 0 Å². The average Bonchev–Trinajstić information content (AvgIpc) is 2.19. The summed E-state index contributed by atoms with van der Waals surface area (Å²) in [4.78, 5) is 24.9. The van der Waals surface area contributed by atoms with Crippen LogP contribution in [0.3, 0.4) is 0 Å². The highest BCUT2D eigenvalue weighted by atomic mass is 16.6. The molecule has 0 unspecified atom stereocenters. The fraction of sp³-hybridized carbons (Fsp3) is 0.846. The molecule has 5 heteroatoms. The molecule has 0 radical (unpaired) electrons. The van der Waals surface area contributed by atoms with E-state index >= 15 is 0 Å². The highest BCUT2D eigenvalue weighted by Gasteiger charge is 2.16. The number of rotatable bonds is 7. The van der Waals surface area contributed by atoms with Crippen LogP contribution in [-0.4, -0.2) is 49.6 Å². The van der Waals surface area contributed by atoms with E-state index in [1.54, 1.807) is 0 Å². The van der Waals surface area contributed by atoms with Gasteiger partial charge in [-0.3, -0.25) is 9.59 Å². The largest absolute Gasteiger partial charge is 0.460 e. The molecule has 5 nitrogen and oxygen atoms in total. The second-order valence-electron chi connectivity index (χ2n) is 5.59. The molecule has 1 N–H and O–H groups in total. The lowest BCUT2D eigenvalue weighted by Gasteiger charge is -2.19. The fourth-order valence-corrected chi connectivity index (χ4v) is 1.32. The Morgan fingerprint density at radius 1 is 1.17 bits per heavy atom. The van der Waals surface area contributed by atoms with Gasteiger partial charge < -0.3 is 15.0 Å². The van der Waals surface area contributed by atoms with Crippen molar-refractivity contribution >= 4 is 11.9 Å². The number of nitrogens with zero attached hydrogens (tertiary/aromatic N) is 1. The zero-order valence-electron chi connectivity index (χ0n) is 12.2. The van der Waals surface area contributed by atoms with E-state index in [0.717, 1.165) is 13.0 Å². The Balaban J connectivity index is 3.62. The summed E-state index contributed by atoms with van der Waals surface area (Å²) >= 11 is 0. The Bertz CT molecular complexity index is 270. The van der Waals surface area contributed by atoms with Crippen LogP contribution in [0.2, 0.25) is 0 Å². The maximum atomic E-state index is 11.4. The molecule has 0 aromatic heterocycles. The minimum absolute atomic E-state index is 0.0976. The smallest absolute Gasteiger partial charge is 0.306 e. The molecule has 0 aliphatic rings. The van der Waals surface area contributed by atoms with Gasteiger partial charge in [-0.15, -0.1) is 0 Å². The van der Waals surface area contributed by atoms with Gasteiger partial charge in [-0.2, -0.15) is 0 Å². The molecule has 0 spiro atoms. The molecule has 0 saturated heterocycles. The minimum atomic E-state index is -0.487. The monoisotopic (exact) mass is 258 g/mol. The van der Waals surface area contributed by atoms with Gasteiger partial charge in [0.2, 0.25) is 5.91 Å². The topological polar surface area (TPSA) is 58.6 Å². The molecule has 0 saturated carbocycles. The zero-order chi connectivity index (χ0) is 14.2. The van der Waals surface area contributed by atoms with E-state index in [0.29, 0.717) is 6.54 Å². The normalized spacial score (nSPS) is 11.4. The van der Waals surface area contributed by atoms with E-state index in [9.17, 15) is 9.59 Å². The van der Waals surface area contributed by atoms with Gasteiger partial charge >= 0.3 is 5.97 Å². The SMILES string of the molecule is CN(C)CCCNC(=O)CCC(=O)OC(C)(C)C. The first-order valence-electron chi connectivity index (χ1n) is 6.34. The van der Waals surface area contributed by atoms with Crippen LogP contribution in [0, 0.1) is 0 Å². The average molecular weight is 258 g/mol. The zero-order valence-corrected chi connectivity index (χ0v) is 12.2. The lowest BCUT2D eigenvalue weighted by atomic mass is 10.2. The predicted octanol–water partition coefficient (Wildman–Crippen LogP) is 1.18. The van der Waals surface area contributed by atoms with E-state index in [2.05, 4.69) is 10.2 Å². The molecule has 0 fully saturated rings. The molecule has 0 aliphatic heterocycles. The van der Waals surface area contributed by atoms with Crippen molar-refractivity contribution in [2.75, 3.05) is 27.2 Å². The van der Waals surface area contributed by atoms with Crippen molar-refractivity contribution in [2.24, 2.45) is 0 Å². The van der Waals surface area contributed by atoms with Crippen LogP contribution in [0.15, 0.2) is 0 Å². The molecule has 1 amide bonds. The lowest BCUT2D eigenvalue weighted by molar-refractivity contribution is -0.155. The maximum Gasteiger partial charge on any atom is 0.306 e. The number of carbonyl (C=O) groups excluding carboxylic acids is 2. The Labute approximate surface area is 110 Å². The third-order valence-electron chi connectivity index (χ3n) is 2.08. The first-order valence-corrected chi connectivity index (χ1v) is 6.34. The highest BCUT2D eigenvalue weighted by Crippen LogP contribution is 2.08. The second-order valence-corrected chi connectivity index (χ2v) is 5.59. The molecule has 106 valence electrons. The van der Waals surface area contributed by atoms with Gasteiger partial charge in [0.05, 0.1) is 6.42 Å². The summed E-state index contributed by atoms with van der Waals surface area (Å²) in [6.45, 7) is 7.02. The summed E-state index contributed by atoms with van der Waals surface area (Å²) in [5.41, 5.74) is -0.487. The summed E-state index contributed by atoms with van der Waals surface area (Å²) in [5, 5.41) is 2.78. The Morgan fingerprint density at radius 3 is 2.28 bits per heavy atom. The van der Waals surface area contributed by atoms with Crippen molar-refractivity contribution in [2.45, 2.75) is 45.6 Å². The molecule has 0 heterocycles. The van der Waals surface area contributed by atoms with Crippen LogP contribution in [0.4, 0.5) is 0 Å². The predicted molar refractivity (Wildman–Crippen MR) is 71.3 cm³/mol. The number of ether oxygens (including phenoxy) is 1. The molecule has 0 aliphatic carbocycles. The van der Waals surface area contributed by atoms with Gasteiger partial charge in [-0.1, -0.05) is 0 Å². The van der Waals surface area contributed by atoms with E-state index in [-0.39, 0.29) is 24.7 Å². The molecule has 0 rings (SSSR count). The number of hydrogen-bond acceptors (Lipinski definition) is 4. The first kappa shape index (κ1) is 16.9. The molecule has 0 aromatic rings. The number of nitrogens with one attached hydrogen (secondary N) is 1. The molecule has 18 heavy (non-hydrogen) atoms. The summed E-state index contributed by atoms with van der Waals surface area (Å²) in [7, 11) is 3.98. The summed E-state index contributed by atoms with van der Waals surface area (Å²) < 4.78 is 5.12. The fourth-order valence-electron chi connectivity index (χ4n) is 1.32. The standard InChI is InChI=1S/C13H26N2O3/c1-13(2,3)18-12(17)8-7-11(16)14-9-6-10-15(4)5/h6-10H2,1-5H3,(H,14,16). The van der Waals surface area contributed by atoms with Crippen LogP contribution in [-0.2, 0) is 14.3 Å². The van der Waals surface area contributed by atoms with Gasteiger partial charge in [0.1, 0.15) is 5.60 Å². The van der Waals surface area contributed by atoms with Crippen molar-refractivity contribution in [3.8, 4) is 0 Å². The lowest BCUT2D eigenvalue weighted by Crippen LogP contribution is -2.28. The molecule has 0 bridgehead atoms. The van der Waals surface area contributed by atoms with E-state index in [4.69, 9.17) is 4.74 Å². The van der Waals surface area contributed by atoms with Crippen LogP contribution >= 0.6 is 0 Å². The Hall–Kier alpha value is -1.10. The van der Waals surface area contributed by atoms with Crippen molar-refractivity contribution in [1.29, 1.82) is 0 Å². The van der Waals surface area contributed by atoms with E-state index in [1.807, 2.05) is 34.9 Å². The molecule has 0 atom stereocenters. The number of carbonyl (C=O) groups is 2. The molecular weight excluding hydrogens is 232 g/mol. The van der Waals surface area contributed by atoms with Crippen molar-refractivity contribution in [1.82, 2.24) is 10.2 Å². The minimum Gasteiger partial charge on any atom is -0.460 e. The third-order valence-corrected chi connectivity index (χ3v) is 2.08. The number of hydrogen-bond donors (Lipinski definition) is 1. The van der Waals surface area contributed by atoms with Gasteiger partial charge in [-0.05, 0) is 47.8 Å². The van der Waals surface area contributed by atoms with Crippen molar-refractivity contribution in [3.05, 3.63) is 0 Å². The van der Waals surface area contributed by atoms with E-state index < -0.39 is 5.60 Å². The van der Waals surface area contributed by atoms with Gasteiger partial charge in [0.15, 0.2) is 0 Å². The first-order chi connectivity index (χ1) is 8.20. The number of esters is 1. The summed E-state index contributed by atoms with van der Waals surface area (Å²) in [6.07, 6.45) is 1.23. The number of amides is 1. The van der Waals surface area contributed by atoms with Crippen LogP contribution in [0.5, 0.6) is 0 Å². The van der Waals surface area contributed by atoms with Gasteiger partial charge in [0, 0.05) is 13.0 Å². The van der Waals surface area contributed by atoms with Crippen LogP contribution in [0.1, 0.15) is 40.0 Å². The van der Waals surface area contributed by atoms with Crippen LogP contribution < -0.4 is 5.32 Å². The van der Waals surface area contributed by atoms with Crippen molar-refractivity contribution in [3.63, 3.8) is 0 Å². The maximum absolute atomic E-state index is 11.4.